The van der Waals surface area contributed by atoms with Gasteiger partial charge in [0.2, 0.25) is 0 Å². The second-order valence-electron chi connectivity index (χ2n) is 7.34. The molecule has 0 radical (unpaired) electrons. The lowest BCUT2D eigenvalue weighted by Crippen LogP contribution is -2.41. The molecule has 144 valence electrons. The Balaban J connectivity index is 1.43. The van der Waals surface area contributed by atoms with E-state index in [0.717, 1.165) is 44.2 Å². The smallest absolute Gasteiger partial charge is 0.322 e. The number of carbonyl (C=O) groups is 1. The molecular weight excluding hydrogens is 364 g/mol. The van der Waals surface area contributed by atoms with Gasteiger partial charge in [-0.25, -0.2) is 4.79 Å². The summed E-state index contributed by atoms with van der Waals surface area (Å²) in [5.74, 6) is 0.691. The van der Waals surface area contributed by atoms with Crippen molar-refractivity contribution in [2.45, 2.75) is 57.1 Å². The highest BCUT2D eigenvalue weighted by molar-refractivity contribution is 6.32. The van der Waals surface area contributed by atoms with Crippen molar-refractivity contribution in [3.05, 3.63) is 41.2 Å². The van der Waals surface area contributed by atoms with Gasteiger partial charge in [0.1, 0.15) is 5.75 Å². The number of likely N-dealkylation sites (tertiary alicyclic amines) is 1. The highest BCUT2D eigenvalue weighted by Crippen LogP contribution is 2.33. The number of anilines is 1. The maximum atomic E-state index is 12.9. The number of urea groups is 1. The lowest BCUT2D eigenvalue weighted by molar-refractivity contribution is 0.163. The molecule has 1 saturated heterocycles. The van der Waals surface area contributed by atoms with Crippen LogP contribution in [0.4, 0.5) is 10.5 Å². The van der Waals surface area contributed by atoms with Crippen molar-refractivity contribution in [3.8, 4) is 5.75 Å². The first-order valence-corrected chi connectivity index (χ1v) is 10.1. The quantitative estimate of drug-likeness (QED) is 0.761. The molecule has 27 heavy (non-hydrogen) atoms. The van der Waals surface area contributed by atoms with Crippen molar-refractivity contribution < 1.29 is 9.53 Å². The molecule has 1 aromatic carbocycles. The monoisotopic (exact) mass is 388 g/mol. The summed E-state index contributed by atoms with van der Waals surface area (Å²) >= 11 is 6.38. The number of piperidine rings is 1. The first-order valence-electron chi connectivity index (χ1n) is 9.73. The van der Waals surface area contributed by atoms with Crippen LogP contribution in [-0.2, 0) is 0 Å². The third-order valence-electron chi connectivity index (χ3n) is 5.45. The minimum absolute atomic E-state index is 0.0537. The van der Waals surface area contributed by atoms with E-state index >= 15 is 0 Å². The average Bonchev–Trinajstić information content (AvgIpc) is 3.38. The number of aromatic amines is 1. The molecule has 1 atom stereocenters. The number of amides is 2. The zero-order valence-corrected chi connectivity index (χ0v) is 16.0. The second kappa shape index (κ2) is 8.21. The lowest BCUT2D eigenvalue weighted by atomic mass is 9.98. The fourth-order valence-electron chi connectivity index (χ4n) is 4.02. The van der Waals surface area contributed by atoms with Crippen LogP contribution in [0.1, 0.15) is 56.6 Å². The van der Waals surface area contributed by atoms with E-state index in [1.54, 1.807) is 12.3 Å². The van der Waals surface area contributed by atoms with Gasteiger partial charge >= 0.3 is 6.03 Å². The Labute approximate surface area is 164 Å². The summed E-state index contributed by atoms with van der Waals surface area (Å²) in [6.07, 6.45) is 11.6. The fraction of sp³-hybridized carbons (Fsp3) is 0.500. The van der Waals surface area contributed by atoms with E-state index in [0.29, 0.717) is 16.5 Å². The third kappa shape index (κ3) is 4.21. The van der Waals surface area contributed by atoms with Gasteiger partial charge in [-0.05, 0) is 63.1 Å². The number of nitrogens with zero attached hydrogens (tertiary/aromatic N) is 2. The largest absolute Gasteiger partial charge is 0.489 e. The summed E-state index contributed by atoms with van der Waals surface area (Å²) in [5.41, 5.74) is 1.73. The predicted octanol–water partition coefficient (Wildman–Crippen LogP) is 5.14. The topological polar surface area (TPSA) is 70.2 Å². The number of carbonyl (C=O) groups excluding carboxylic acids is 1. The van der Waals surface area contributed by atoms with Crippen LogP contribution in [0.3, 0.4) is 0 Å². The maximum Gasteiger partial charge on any atom is 0.322 e. The zero-order valence-electron chi connectivity index (χ0n) is 15.3. The molecule has 1 saturated carbocycles. The number of H-pyrrole nitrogens is 1. The van der Waals surface area contributed by atoms with E-state index in [-0.39, 0.29) is 18.2 Å². The van der Waals surface area contributed by atoms with E-state index in [4.69, 9.17) is 16.3 Å². The Morgan fingerprint density at radius 3 is 2.78 bits per heavy atom. The molecule has 0 bridgehead atoms. The summed E-state index contributed by atoms with van der Waals surface area (Å²) in [7, 11) is 0. The molecule has 0 unspecified atom stereocenters. The summed E-state index contributed by atoms with van der Waals surface area (Å²) < 4.78 is 5.98. The molecule has 2 aliphatic rings. The van der Waals surface area contributed by atoms with Crippen LogP contribution in [0.5, 0.6) is 5.75 Å². The molecule has 0 spiro atoms. The number of nitrogens with one attached hydrogen (secondary N) is 2. The molecule has 2 heterocycles. The number of hydrogen-bond donors (Lipinski definition) is 2. The van der Waals surface area contributed by atoms with Crippen molar-refractivity contribution in [2.24, 2.45) is 0 Å². The fourth-order valence-corrected chi connectivity index (χ4v) is 4.24. The van der Waals surface area contributed by atoms with E-state index in [1.807, 2.05) is 23.2 Å². The molecule has 1 aliphatic heterocycles. The van der Waals surface area contributed by atoms with E-state index in [1.165, 1.54) is 12.8 Å². The molecular formula is C20H25ClN4O2. The normalized spacial score (nSPS) is 20.6. The lowest BCUT2D eigenvalue weighted by Gasteiger charge is -2.35. The van der Waals surface area contributed by atoms with Crippen LogP contribution in [0.25, 0.3) is 0 Å². The molecule has 6 nitrogen and oxygen atoms in total. The first-order chi connectivity index (χ1) is 13.2. The van der Waals surface area contributed by atoms with Crippen molar-refractivity contribution in [3.63, 3.8) is 0 Å². The number of hydrogen-bond acceptors (Lipinski definition) is 3. The number of benzene rings is 1. The molecule has 2 N–H and O–H groups in total. The standard InChI is InChI=1S/C20H25ClN4O2/c21-17-11-15(8-9-19(17)27-16-5-1-2-6-16)24-20(26)25-10-4-3-7-18(25)14-12-22-23-13-14/h8-9,11-13,16,18H,1-7,10H2,(H,22,23)(H,24,26)/t18-/m0/s1. The number of rotatable bonds is 4. The van der Waals surface area contributed by atoms with Gasteiger partial charge in [0.25, 0.3) is 0 Å². The Morgan fingerprint density at radius 2 is 2.04 bits per heavy atom. The molecule has 7 heteroatoms. The summed E-state index contributed by atoms with van der Waals surface area (Å²) in [4.78, 5) is 14.7. The van der Waals surface area contributed by atoms with Crippen molar-refractivity contribution in [1.29, 1.82) is 0 Å². The van der Waals surface area contributed by atoms with Crippen LogP contribution in [0.2, 0.25) is 5.02 Å². The van der Waals surface area contributed by atoms with E-state index < -0.39 is 0 Å². The van der Waals surface area contributed by atoms with Gasteiger partial charge in [-0.2, -0.15) is 5.10 Å². The van der Waals surface area contributed by atoms with Crippen LogP contribution in [-0.4, -0.2) is 33.8 Å². The van der Waals surface area contributed by atoms with E-state index in [2.05, 4.69) is 15.5 Å². The van der Waals surface area contributed by atoms with Gasteiger partial charge in [-0.1, -0.05) is 11.6 Å². The van der Waals surface area contributed by atoms with Gasteiger partial charge in [0.15, 0.2) is 0 Å². The van der Waals surface area contributed by atoms with Gasteiger partial charge < -0.3 is 15.0 Å². The summed E-state index contributed by atoms with van der Waals surface area (Å²) in [5, 5.41) is 10.4. The third-order valence-corrected chi connectivity index (χ3v) is 5.74. The molecule has 2 aromatic rings. The van der Waals surface area contributed by atoms with Crippen molar-refractivity contribution >= 4 is 23.3 Å². The summed E-state index contributed by atoms with van der Waals surface area (Å²) in [6, 6.07) is 5.41. The minimum Gasteiger partial charge on any atom is -0.489 e. The number of aromatic nitrogens is 2. The molecule has 2 amide bonds. The Hall–Kier alpha value is -2.21. The second-order valence-corrected chi connectivity index (χ2v) is 7.74. The Bertz CT molecular complexity index is 774. The molecule has 2 fully saturated rings. The van der Waals surface area contributed by atoms with Crippen LogP contribution in [0.15, 0.2) is 30.6 Å². The number of halogens is 1. The van der Waals surface area contributed by atoms with Crippen molar-refractivity contribution in [2.75, 3.05) is 11.9 Å². The summed E-state index contributed by atoms with van der Waals surface area (Å²) in [6.45, 7) is 0.734. The maximum absolute atomic E-state index is 12.9. The van der Waals surface area contributed by atoms with Crippen LogP contribution in [0, 0.1) is 0 Å². The van der Waals surface area contributed by atoms with E-state index in [9.17, 15) is 4.79 Å². The molecule has 1 aliphatic carbocycles. The van der Waals surface area contributed by atoms with Crippen molar-refractivity contribution in [1.82, 2.24) is 15.1 Å². The molecule has 1 aromatic heterocycles. The van der Waals surface area contributed by atoms with Gasteiger partial charge in [-0.15, -0.1) is 0 Å². The Morgan fingerprint density at radius 1 is 1.22 bits per heavy atom. The van der Waals surface area contributed by atoms with Gasteiger partial charge in [0, 0.05) is 24.0 Å². The number of ether oxygens (including phenoxy) is 1. The SMILES string of the molecule is O=C(Nc1ccc(OC2CCCC2)c(Cl)c1)N1CCCC[C@H]1c1cn[nH]c1. The highest BCUT2D eigenvalue weighted by atomic mass is 35.5. The minimum atomic E-state index is -0.110. The Kier molecular flexibility index (Phi) is 5.53. The van der Waals surface area contributed by atoms with Gasteiger partial charge in [0.05, 0.1) is 23.4 Å². The van der Waals surface area contributed by atoms with Crippen LogP contribution >= 0.6 is 11.6 Å². The first kappa shape index (κ1) is 18.2. The molecule has 4 rings (SSSR count). The zero-order chi connectivity index (χ0) is 18.6. The highest BCUT2D eigenvalue weighted by Gasteiger charge is 2.28. The van der Waals surface area contributed by atoms with Gasteiger partial charge in [-0.3, -0.25) is 5.10 Å². The average molecular weight is 389 g/mol. The van der Waals surface area contributed by atoms with Crippen LogP contribution < -0.4 is 10.1 Å². The predicted molar refractivity (Wildman–Crippen MR) is 105 cm³/mol.